The first-order chi connectivity index (χ1) is 9.78. The number of anilines is 1. The van der Waals surface area contributed by atoms with Crippen LogP contribution in [0.5, 0.6) is 0 Å². The molecule has 3 rings (SSSR count). The van der Waals surface area contributed by atoms with Crippen LogP contribution in [0.15, 0.2) is 18.3 Å². The number of hydrogen-bond acceptors (Lipinski definition) is 5. The molecule has 20 heavy (non-hydrogen) atoms. The monoisotopic (exact) mass is 275 g/mol. The van der Waals surface area contributed by atoms with E-state index in [0.717, 1.165) is 13.0 Å². The van der Waals surface area contributed by atoms with E-state index in [1.165, 1.54) is 25.8 Å². The summed E-state index contributed by atoms with van der Waals surface area (Å²) in [7, 11) is 0. The molecule has 1 amide bonds. The first-order valence-electron chi connectivity index (χ1n) is 7.25. The number of nitrogens with zero attached hydrogens (tertiary/aromatic N) is 2. The molecular weight excluding hydrogens is 254 g/mol. The van der Waals surface area contributed by atoms with Gasteiger partial charge >= 0.3 is 0 Å². The maximum atomic E-state index is 12.2. The van der Waals surface area contributed by atoms with Crippen molar-refractivity contribution < 1.29 is 4.79 Å². The van der Waals surface area contributed by atoms with Crippen molar-refractivity contribution in [1.82, 2.24) is 15.2 Å². The predicted octanol–water partition coefficient (Wildman–Crippen LogP) is 0.724. The summed E-state index contributed by atoms with van der Waals surface area (Å²) in [5.74, 6) is 5.19. The van der Waals surface area contributed by atoms with Crippen molar-refractivity contribution in [2.75, 3.05) is 18.5 Å². The third-order valence-corrected chi connectivity index (χ3v) is 4.34. The Morgan fingerprint density at radius 2 is 2.20 bits per heavy atom. The summed E-state index contributed by atoms with van der Waals surface area (Å²) in [6.07, 6.45) is 6.35. The molecule has 4 N–H and O–H groups in total. The predicted molar refractivity (Wildman–Crippen MR) is 77.1 cm³/mol. The van der Waals surface area contributed by atoms with Crippen LogP contribution >= 0.6 is 0 Å². The number of nitrogens with one attached hydrogen (secondary N) is 2. The van der Waals surface area contributed by atoms with E-state index in [2.05, 4.69) is 20.6 Å². The average molecular weight is 275 g/mol. The highest BCUT2D eigenvalue weighted by molar-refractivity contribution is 5.92. The molecule has 1 aromatic rings. The lowest BCUT2D eigenvalue weighted by molar-refractivity contribution is 0.0910. The van der Waals surface area contributed by atoms with E-state index in [1.54, 1.807) is 18.3 Å². The van der Waals surface area contributed by atoms with E-state index in [0.29, 0.717) is 17.4 Å². The summed E-state index contributed by atoms with van der Waals surface area (Å²) in [6, 6.07) is 4.22. The Kier molecular flexibility index (Phi) is 3.84. The van der Waals surface area contributed by atoms with E-state index < -0.39 is 0 Å². The van der Waals surface area contributed by atoms with Crippen LogP contribution in [0.4, 0.5) is 5.69 Å². The third-order valence-electron chi connectivity index (χ3n) is 4.34. The van der Waals surface area contributed by atoms with E-state index >= 15 is 0 Å². The lowest BCUT2D eigenvalue weighted by atomic mass is 9.99. The van der Waals surface area contributed by atoms with Gasteiger partial charge in [0.05, 0.1) is 11.9 Å². The molecule has 2 aliphatic heterocycles. The summed E-state index contributed by atoms with van der Waals surface area (Å²) in [5, 5.41) is 3.14. The van der Waals surface area contributed by atoms with Crippen LogP contribution < -0.4 is 16.6 Å². The van der Waals surface area contributed by atoms with Crippen LogP contribution in [0, 0.1) is 0 Å². The lowest BCUT2D eigenvalue weighted by Gasteiger charge is -2.32. The zero-order valence-corrected chi connectivity index (χ0v) is 11.5. The van der Waals surface area contributed by atoms with Gasteiger partial charge in [0.25, 0.3) is 5.91 Å². The Hall–Kier alpha value is -1.66. The Morgan fingerprint density at radius 1 is 1.30 bits per heavy atom. The van der Waals surface area contributed by atoms with Crippen LogP contribution in [0.3, 0.4) is 0 Å². The molecule has 0 saturated carbocycles. The van der Waals surface area contributed by atoms with Crippen molar-refractivity contribution >= 4 is 11.6 Å². The van der Waals surface area contributed by atoms with E-state index in [-0.39, 0.29) is 11.9 Å². The minimum Gasteiger partial charge on any atom is -0.346 e. The van der Waals surface area contributed by atoms with Crippen LogP contribution in [-0.2, 0) is 0 Å². The molecule has 1 aromatic heterocycles. The number of carbonyl (C=O) groups excluding carboxylic acids is 1. The van der Waals surface area contributed by atoms with Crippen LogP contribution in [0.2, 0.25) is 0 Å². The Balaban J connectivity index is 1.63. The number of amides is 1. The Bertz CT molecular complexity index is 475. The van der Waals surface area contributed by atoms with Gasteiger partial charge in [0, 0.05) is 18.6 Å². The van der Waals surface area contributed by atoms with Gasteiger partial charge < -0.3 is 10.7 Å². The quantitative estimate of drug-likeness (QED) is 0.559. The summed E-state index contributed by atoms with van der Waals surface area (Å²) >= 11 is 0. The highest BCUT2D eigenvalue weighted by Crippen LogP contribution is 2.27. The van der Waals surface area contributed by atoms with Gasteiger partial charge in [-0.15, -0.1) is 0 Å². The van der Waals surface area contributed by atoms with Crippen molar-refractivity contribution in [3.63, 3.8) is 0 Å². The van der Waals surface area contributed by atoms with Crippen molar-refractivity contribution in [3.8, 4) is 0 Å². The first-order valence-corrected chi connectivity index (χ1v) is 7.25. The van der Waals surface area contributed by atoms with E-state index in [1.807, 2.05) is 0 Å². The van der Waals surface area contributed by atoms with Crippen LogP contribution in [0.25, 0.3) is 0 Å². The molecule has 6 nitrogen and oxygen atoms in total. The van der Waals surface area contributed by atoms with Crippen molar-refractivity contribution in [2.24, 2.45) is 5.84 Å². The molecule has 2 fully saturated rings. The topological polar surface area (TPSA) is 83.3 Å². The summed E-state index contributed by atoms with van der Waals surface area (Å²) < 4.78 is 0. The van der Waals surface area contributed by atoms with Gasteiger partial charge in [-0.1, -0.05) is 6.42 Å². The molecule has 108 valence electrons. The second-order valence-corrected chi connectivity index (χ2v) is 5.54. The molecule has 0 spiro atoms. The van der Waals surface area contributed by atoms with Crippen LogP contribution in [0.1, 0.15) is 36.2 Å². The number of pyridine rings is 1. The minimum atomic E-state index is -0.0917. The van der Waals surface area contributed by atoms with Gasteiger partial charge in [0.1, 0.15) is 5.69 Å². The fraction of sp³-hybridized carbons (Fsp3) is 0.571. The highest BCUT2D eigenvalue weighted by Gasteiger charge is 2.36. The average Bonchev–Trinajstić information content (AvgIpc) is 2.91. The largest absolute Gasteiger partial charge is 0.346 e. The highest BCUT2D eigenvalue weighted by atomic mass is 16.2. The second-order valence-electron chi connectivity index (χ2n) is 5.54. The summed E-state index contributed by atoms with van der Waals surface area (Å²) in [5.41, 5.74) is 3.64. The number of carbonyl (C=O) groups is 1. The second kappa shape index (κ2) is 5.76. The summed E-state index contributed by atoms with van der Waals surface area (Å²) in [4.78, 5) is 18.9. The van der Waals surface area contributed by atoms with Gasteiger partial charge in [-0.3, -0.25) is 15.5 Å². The first kappa shape index (κ1) is 13.3. The molecule has 2 unspecified atom stereocenters. The molecule has 3 heterocycles. The zero-order chi connectivity index (χ0) is 13.9. The number of hydrazine groups is 1. The summed E-state index contributed by atoms with van der Waals surface area (Å²) in [6.45, 7) is 2.27. The van der Waals surface area contributed by atoms with Gasteiger partial charge in [0.15, 0.2) is 0 Å². The smallest absolute Gasteiger partial charge is 0.270 e. The number of piperidine rings is 1. The Labute approximate surface area is 118 Å². The fourth-order valence-corrected chi connectivity index (χ4v) is 3.27. The standard InChI is InChI=1S/C14H21N5O/c15-18-10-4-5-12(16-9-10)14(20)17-11-6-8-19-7-2-1-3-13(11)19/h4-5,9,11,13,18H,1-3,6-8,15H2,(H,17,20). The maximum absolute atomic E-state index is 12.2. The molecule has 2 saturated heterocycles. The van der Waals surface area contributed by atoms with E-state index in [9.17, 15) is 4.79 Å². The molecule has 0 bridgehead atoms. The van der Waals surface area contributed by atoms with Crippen molar-refractivity contribution in [1.29, 1.82) is 0 Å². The lowest BCUT2D eigenvalue weighted by Crippen LogP contribution is -2.46. The Morgan fingerprint density at radius 3 is 2.95 bits per heavy atom. The number of hydrogen-bond donors (Lipinski definition) is 3. The van der Waals surface area contributed by atoms with Gasteiger partial charge in [-0.05, 0) is 37.9 Å². The molecule has 0 aliphatic carbocycles. The minimum absolute atomic E-state index is 0.0917. The molecule has 2 atom stereocenters. The number of fused-ring (bicyclic) bond motifs is 1. The molecular formula is C14H21N5O. The third kappa shape index (κ3) is 2.62. The number of nitrogens with two attached hydrogens (primary N) is 1. The van der Waals surface area contributed by atoms with Gasteiger partial charge in [-0.2, -0.15) is 0 Å². The number of rotatable bonds is 3. The van der Waals surface area contributed by atoms with Crippen LogP contribution in [-0.4, -0.2) is 41.0 Å². The zero-order valence-electron chi connectivity index (χ0n) is 11.5. The van der Waals surface area contributed by atoms with E-state index in [4.69, 9.17) is 5.84 Å². The number of nitrogen functional groups attached to an aromatic ring is 1. The van der Waals surface area contributed by atoms with Crippen molar-refractivity contribution in [3.05, 3.63) is 24.0 Å². The molecule has 0 aromatic carbocycles. The molecule has 2 aliphatic rings. The van der Waals surface area contributed by atoms with Crippen molar-refractivity contribution in [2.45, 2.75) is 37.8 Å². The molecule has 0 radical (unpaired) electrons. The SMILES string of the molecule is NNc1ccc(C(=O)NC2CCN3CCCCC23)nc1. The fourth-order valence-electron chi connectivity index (χ4n) is 3.27. The van der Waals surface area contributed by atoms with Gasteiger partial charge in [-0.25, -0.2) is 4.98 Å². The molecule has 6 heteroatoms. The maximum Gasteiger partial charge on any atom is 0.270 e. The normalized spacial score (nSPS) is 26.1. The van der Waals surface area contributed by atoms with Gasteiger partial charge in [0.2, 0.25) is 0 Å². The number of aromatic nitrogens is 1.